The molecular weight excluding hydrogens is 418 g/mol. The minimum atomic E-state index is -0.480. The normalized spacial score (nSPS) is 14.7. The predicted octanol–water partition coefficient (Wildman–Crippen LogP) is 5.10. The Morgan fingerprint density at radius 3 is 2.15 bits per heavy atom. The molecule has 0 atom stereocenters. The minimum Gasteiger partial charge on any atom is -0.445 e. The van der Waals surface area contributed by atoms with Crippen LogP contribution in [-0.2, 0) is 16.1 Å². The average Bonchev–Trinajstić information content (AvgIpc) is 2.78. The van der Waals surface area contributed by atoms with E-state index < -0.39 is 5.60 Å². The number of hydrogen-bond acceptors (Lipinski definition) is 5. The molecule has 1 aromatic rings. The molecule has 2 rings (SSSR count). The van der Waals surface area contributed by atoms with Gasteiger partial charge in [0.25, 0.3) is 0 Å². The van der Waals surface area contributed by atoms with Crippen molar-refractivity contribution in [2.45, 2.75) is 77.9 Å². The van der Waals surface area contributed by atoms with Gasteiger partial charge in [-0.25, -0.2) is 9.59 Å². The third kappa shape index (κ3) is 13.1. The Bertz CT molecular complexity index is 685. The molecule has 0 bridgehead atoms. The fourth-order valence-electron chi connectivity index (χ4n) is 4.10. The summed E-state index contributed by atoms with van der Waals surface area (Å²) in [6.45, 7) is 9.99. The van der Waals surface area contributed by atoms with Crippen molar-refractivity contribution in [2.24, 2.45) is 5.92 Å². The van der Waals surface area contributed by atoms with Crippen molar-refractivity contribution in [1.29, 1.82) is 0 Å². The molecule has 2 N–H and O–H groups in total. The molecule has 0 aromatic heterocycles. The van der Waals surface area contributed by atoms with E-state index in [0.717, 1.165) is 44.0 Å². The summed E-state index contributed by atoms with van der Waals surface area (Å²) < 4.78 is 10.6. The number of nitrogens with zero attached hydrogens (tertiary/aromatic N) is 1. The molecule has 2 amide bonds. The molecule has 1 saturated carbocycles. The first kappa shape index (κ1) is 27.0. The van der Waals surface area contributed by atoms with E-state index in [0.29, 0.717) is 13.1 Å². The highest BCUT2D eigenvalue weighted by Gasteiger charge is 2.18. The molecule has 0 heterocycles. The molecule has 186 valence electrons. The summed E-state index contributed by atoms with van der Waals surface area (Å²) in [6, 6.07) is 9.68. The van der Waals surface area contributed by atoms with E-state index in [-0.39, 0.29) is 18.8 Å². The number of carbonyl (C=O) groups is 2. The van der Waals surface area contributed by atoms with Crippen LogP contribution in [0, 0.1) is 5.92 Å². The maximum absolute atomic E-state index is 12.0. The topological polar surface area (TPSA) is 79.9 Å². The fourth-order valence-corrected chi connectivity index (χ4v) is 4.10. The lowest BCUT2D eigenvalue weighted by Gasteiger charge is -2.30. The SMILES string of the molecule is CC(C)(C)OC(=O)NCCCN(CCCNC(=O)OCc1ccccc1)CC1CCCCC1. The number of amides is 2. The minimum absolute atomic E-state index is 0.283. The van der Waals surface area contributed by atoms with E-state index in [4.69, 9.17) is 9.47 Å². The van der Waals surface area contributed by atoms with Gasteiger partial charge in [0, 0.05) is 19.6 Å². The summed E-state index contributed by atoms with van der Waals surface area (Å²) in [7, 11) is 0. The van der Waals surface area contributed by atoms with Crippen molar-refractivity contribution < 1.29 is 19.1 Å². The van der Waals surface area contributed by atoms with Gasteiger partial charge in [-0.05, 0) is 71.0 Å². The van der Waals surface area contributed by atoms with Crippen molar-refractivity contribution in [3.05, 3.63) is 35.9 Å². The zero-order valence-electron chi connectivity index (χ0n) is 20.7. The second-order valence-corrected chi connectivity index (χ2v) is 9.93. The lowest BCUT2D eigenvalue weighted by molar-refractivity contribution is 0.0525. The number of rotatable bonds is 12. The Hall–Kier alpha value is -2.28. The number of ether oxygens (including phenoxy) is 2. The Balaban J connectivity index is 1.66. The molecule has 0 aliphatic heterocycles. The first-order valence-corrected chi connectivity index (χ1v) is 12.5. The fraction of sp³-hybridized carbons (Fsp3) is 0.692. The van der Waals surface area contributed by atoms with Crippen LogP contribution in [0.4, 0.5) is 9.59 Å². The summed E-state index contributed by atoms with van der Waals surface area (Å²) >= 11 is 0. The average molecular weight is 462 g/mol. The van der Waals surface area contributed by atoms with Crippen molar-refractivity contribution in [1.82, 2.24) is 15.5 Å². The van der Waals surface area contributed by atoms with E-state index in [2.05, 4.69) is 15.5 Å². The van der Waals surface area contributed by atoms with Crippen molar-refractivity contribution in [2.75, 3.05) is 32.7 Å². The van der Waals surface area contributed by atoms with Crippen LogP contribution >= 0.6 is 0 Å². The van der Waals surface area contributed by atoms with Gasteiger partial charge in [0.05, 0.1) is 0 Å². The van der Waals surface area contributed by atoms with Crippen LogP contribution in [0.5, 0.6) is 0 Å². The van der Waals surface area contributed by atoms with Gasteiger partial charge in [-0.3, -0.25) is 0 Å². The van der Waals surface area contributed by atoms with Gasteiger partial charge in [0.2, 0.25) is 0 Å². The molecule has 0 radical (unpaired) electrons. The molecule has 1 aromatic carbocycles. The molecule has 1 aliphatic rings. The highest BCUT2D eigenvalue weighted by Crippen LogP contribution is 2.24. The molecule has 1 fully saturated rings. The van der Waals surface area contributed by atoms with Gasteiger partial charge in [0.1, 0.15) is 12.2 Å². The lowest BCUT2D eigenvalue weighted by Crippen LogP contribution is -2.37. The molecule has 33 heavy (non-hydrogen) atoms. The van der Waals surface area contributed by atoms with Crippen LogP contribution in [0.1, 0.15) is 71.3 Å². The van der Waals surface area contributed by atoms with Crippen molar-refractivity contribution in [3.63, 3.8) is 0 Å². The molecule has 0 saturated heterocycles. The Morgan fingerprint density at radius 2 is 1.55 bits per heavy atom. The number of carbonyl (C=O) groups excluding carboxylic acids is 2. The summed E-state index contributed by atoms with van der Waals surface area (Å²) in [5, 5.41) is 5.70. The summed E-state index contributed by atoms with van der Waals surface area (Å²) in [6.07, 6.45) is 7.61. The van der Waals surface area contributed by atoms with E-state index in [9.17, 15) is 9.59 Å². The van der Waals surface area contributed by atoms with Crippen molar-refractivity contribution >= 4 is 12.2 Å². The molecular formula is C26H43N3O4. The van der Waals surface area contributed by atoms with Crippen LogP contribution in [0.3, 0.4) is 0 Å². The highest BCUT2D eigenvalue weighted by molar-refractivity contribution is 5.67. The Kier molecular flexibility index (Phi) is 12.1. The largest absolute Gasteiger partial charge is 0.445 e. The number of hydrogen-bond donors (Lipinski definition) is 2. The monoisotopic (exact) mass is 461 g/mol. The van der Waals surface area contributed by atoms with E-state index >= 15 is 0 Å². The van der Waals surface area contributed by atoms with Crippen LogP contribution in [0.15, 0.2) is 30.3 Å². The van der Waals surface area contributed by atoms with Crippen LogP contribution in [0.2, 0.25) is 0 Å². The smallest absolute Gasteiger partial charge is 0.407 e. The third-order valence-electron chi connectivity index (χ3n) is 5.69. The summed E-state index contributed by atoms with van der Waals surface area (Å²) in [5.74, 6) is 0.751. The number of benzene rings is 1. The standard InChI is InChI=1S/C26H43N3O4/c1-26(2,3)33-25(31)28-17-11-19-29(20-22-12-6-4-7-13-22)18-10-16-27-24(30)32-21-23-14-8-5-9-15-23/h5,8-9,14-15,22H,4,6-7,10-13,16-21H2,1-3H3,(H,27,30)(H,28,31). The Morgan fingerprint density at radius 1 is 0.939 bits per heavy atom. The summed E-state index contributed by atoms with van der Waals surface area (Å²) in [4.78, 5) is 26.3. The quantitative estimate of drug-likeness (QED) is 0.423. The van der Waals surface area contributed by atoms with Gasteiger partial charge in [-0.1, -0.05) is 49.6 Å². The maximum atomic E-state index is 12.0. The molecule has 0 unspecified atom stereocenters. The first-order chi connectivity index (χ1) is 15.8. The Labute approximate surface area is 199 Å². The predicted molar refractivity (Wildman–Crippen MR) is 131 cm³/mol. The second kappa shape index (κ2) is 14.8. The second-order valence-electron chi connectivity index (χ2n) is 9.93. The van der Waals surface area contributed by atoms with Gasteiger partial charge in [0.15, 0.2) is 0 Å². The number of alkyl carbamates (subject to hydrolysis) is 2. The molecule has 0 spiro atoms. The zero-order valence-corrected chi connectivity index (χ0v) is 20.7. The van der Waals surface area contributed by atoms with Crippen LogP contribution < -0.4 is 10.6 Å². The van der Waals surface area contributed by atoms with E-state index in [1.807, 2.05) is 51.1 Å². The van der Waals surface area contributed by atoms with Gasteiger partial charge in [-0.2, -0.15) is 0 Å². The maximum Gasteiger partial charge on any atom is 0.407 e. The van der Waals surface area contributed by atoms with Crippen LogP contribution in [0.25, 0.3) is 0 Å². The van der Waals surface area contributed by atoms with Crippen molar-refractivity contribution in [3.8, 4) is 0 Å². The number of nitrogens with one attached hydrogen (secondary N) is 2. The van der Waals surface area contributed by atoms with Gasteiger partial charge in [-0.15, -0.1) is 0 Å². The van der Waals surface area contributed by atoms with E-state index in [1.54, 1.807) is 0 Å². The third-order valence-corrected chi connectivity index (χ3v) is 5.69. The molecule has 7 nitrogen and oxygen atoms in total. The lowest BCUT2D eigenvalue weighted by atomic mass is 9.89. The van der Waals surface area contributed by atoms with Gasteiger partial charge >= 0.3 is 12.2 Å². The highest BCUT2D eigenvalue weighted by atomic mass is 16.6. The first-order valence-electron chi connectivity index (χ1n) is 12.5. The van der Waals surface area contributed by atoms with Crippen LogP contribution in [-0.4, -0.2) is 55.4 Å². The molecule has 7 heteroatoms. The summed E-state index contributed by atoms with van der Waals surface area (Å²) in [5.41, 5.74) is 0.498. The molecule has 1 aliphatic carbocycles. The van der Waals surface area contributed by atoms with E-state index in [1.165, 1.54) is 32.1 Å². The zero-order chi connectivity index (χ0) is 23.9. The van der Waals surface area contributed by atoms with Gasteiger partial charge < -0.3 is 25.0 Å².